The molecule has 0 heterocycles. The van der Waals surface area contributed by atoms with Gasteiger partial charge in [0.25, 0.3) is 0 Å². The van der Waals surface area contributed by atoms with Gasteiger partial charge < -0.3 is 0 Å². The summed E-state index contributed by atoms with van der Waals surface area (Å²) in [6, 6.07) is 4.78. The molecule has 0 bridgehead atoms. The van der Waals surface area contributed by atoms with Gasteiger partial charge in [0.05, 0.1) is 0 Å². The standard InChI is InChI=1S/C9H9O2.Pb/c1-2-4-7-8(10)5-3-6-9(7)11;/h1-3,5-6,10-11H,4H2;. The molecule has 12 heavy (non-hydrogen) atoms. The zero-order valence-corrected chi connectivity index (χ0v) is 10.4. The van der Waals surface area contributed by atoms with E-state index in [-0.39, 0.29) is 11.5 Å². The van der Waals surface area contributed by atoms with Gasteiger partial charge in [-0.05, 0) is 0 Å². The van der Waals surface area contributed by atoms with Crippen LogP contribution in [0.2, 0.25) is 0 Å². The summed E-state index contributed by atoms with van der Waals surface area (Å²) in [6.07, 6.45) is 2.54. The Morgan fingerprint density at radius 3 is 2.33 bits per heavy atom. The van der Waals surface area contributed by atoms with Crippen molar-refractivity contribution in [2.24, 2.45) is 0 Å². The van der Waals surface area contributed by atoms with Crippen molar-refractivity contribution in [1.82, 2.24) is 0 Å². The summed E-state index contributed by atoms with van der Waals surface area (Å²) in [7, 11) is 0. The van der Waals surface area contributed by atoms with Crippen molar-refractivity contribution >= 4 is 25.8 Å². The van der Waals surface area contributed by atoms with E-state index in [0.29, 0.717) is 12.0 Å². The molecule has 1 aromatic carbocycles. The van der Waals surface area contributed by atoms with E-state index in [0.717, 1.165) is 25.8 Å². The second-order valence-electron chi connectivity index (χ2n) is 2.38. The van der Waals surface area contributed by atoms with Crippen molar-refractivity contribution in [1.29, 1.82) is 0 Å². The fourth-order valence-corrected chi connectivity index (χ4v) is 1.41. The fourth-order valence-electron chi connectivity index (χ4n) is 0.949. The number of hydrogen-bond donors (Lipinski definition) is 2. The van der Waals surface area contributed by atoms with Crippen LogP contribution in [0.4, 0.5) is 0 Å². The van der Waals surface area contributed by atoms with Crippen molar-refractivity contribution in [2.75, 3.05) is 0 Å². The average Bonchev–Trinajstić information content (AvgIpc) is 2.04. The van der Waals surface area contributed by atoms with Gasteiger partial charge in [-0.2, -0.15) is 0 Å². The molecular weight excluding hydrogens is 347 g/mol. The molecule has 3 heteroatoms. The molecule has 0 fully saturated rings. The molecule has 0 amide bonds. The van der Waals surface area contributed by atoms with Crippen LogP contribution in [0.1, 0.15) is 5.56 Å². The molecule has 0 atom stereocenters. The maximum atomic E-state index is 9.34. The molecule has 0 aliphatic heterocycles. The van der Waals surface area contributed by atoms with Gasteiger partial charge >= 0.3 is 87.4 Å². The summed E-state index contributed by atoms with van der Waals surface area (Å²) in [5, 5.41) is 18.7. The first-order chi connectivity index (χ1) is 5.75. The van der Waals surface area contributed by atoms with E-state index in [1.165, 1.54) is 0 Å². The Hall–Kier alpha value is -0.518. The minimum atomic E-state index is 0.162. The number of benzene rings is 1. The van der Waals surface area contributed by atoms with Crippen molar-refractivity contribution in [3.8, 4) is 11.5 Å². The van der Waals surface area contributed by atoms with Crippen LogP contribution in [0.5, 0.6) is 11.5 Å². The molecule has 0 aromatic heterocycles. The molecule has 1 aromatic rings. The SMILES string of the molecule is Oc1cccc(O)c1C/C=[CH]/[Pb]. The molecule has 0 aliphatic rings. The maximum absolute atomic E-state index is 9.34. The summed E-state index contributed by atoms with van der Waals surface area (Å²) in [4.78, 5) is 0. The third kappa shape index (κ3) is 2.23. The Kier molecular flexibility index (Phi) is 3.58. The van der Waals surface area contributed by atoms with E-state index < -0.39 is 0 Å². The van der Waals surface area contributed by atoms with Gasteiger partial charge in [0, 0.05) is 0 Å². The quantitative estimate of drug-likeness (QED) is 0.785. The molecule has 1 rings (SSSR count). The van der Waals surface area contributed by atoms with Crippen molar-refractivity contribution in [2.45, 2.75) is 6.42 Å². The van der Waals surface area contributed by atoms with Crippen LogP contribution in [-0.2, 0) is 6.42 Å². The zero-order valence-electron chi connectivity index (χ0n) is 6.49. The molecular formula is C9H9O2Pb. The molecule has 0 unspecified atom stereocenters. The number of aromatic hydroxyl groups is 2. The number of rotatable bonds is 2. The Morgan fingerprint density at radius 2 is 1.83 bits per heavy atom. The van der Waals surface area contributed by atoms with Crippen molar-refractivity contribution in [3.63, 3.8) is 0 Å². The molecule has 3 radical (unpaired) electrons. The first-order valence-electron chi connectivity index (χ1n) is 3.58. The Labute approximate surface area is 87.2 Å². The number of hydrogen-bond acceptors (Lipinski definition) is 2. The van der Waals surface area contributed by atoms with Crippen LogP contribution in [-0.4, -0.2) is 36.0 Å². The normalized spacial score (nSPS) is 10.8. The first kappa shape index (κ1) is 9.57. The Morgan fingerprint density at radius 1 is 1.25 bits per heavy atom. The zero-order chi connectivity index (χ0) is 8.97. The molecule has 2 nitrogen and oxygen atoms in total. The Balaban J connectivity index is 2.96. The minimum absolute atomic E-state index is 0.162. The summed E-state index contributed by atoms with van der Waals surface area (Å²) in [5.74, 6) is 0.324. The van der Waals surface area contributed by atoms with Crippen LogP contribution in [0.3, 0.4) is 0 Å². The van der Waals surface area contributed by atoms with Gasteiger partial charge in [0.1, 0.15) is 0 Å². The van der Waals surface area contributed by atoms with Gasteiger partial charge in [0.2, 0.25) is 0 Å². The molecule has 0 spiro atoms. The fraction of sp³-hybridized carbons (Fsp3) is 0.111. The molecule has 0 saturated carbocycles. The van der Waals surface area contributed by atoms with Gasteiger partial charge in [-0.25, -0.2) is 0 Å². The van der Waals surface area contributed by atoms with Crippen LogP contribution in [0.25, 0.3) is 0 Å². The van der Waals surface area contributed by atoms with E-state index >= 15 is 0 Å². The van der Waals surface area contributed by atoms with E-state index in [2.05, 4.69) is 0 Å². The summed E-state index contributed by atoms with van der Waals surface area (Å²) in [5.41, 5.74) is 0.601. The van der Waals surface area contributed by atoms with Gasteiger partial charge in [-0.3, -0.25) is 0 Å². The van der Waals surface area contributed by atoms with Gasteiger partial charge in [0.15, 0.2) is 0 Å². The van der Waals surface area contributed by atoms with E-state index in [1.807, 2.05) is 9.71 Å². The monoisotopic (exact) mass is 357 g/mol. The Bertz CT molecular complexity index is 274. The van der Waals surface area contributed by atoms with Gasteiger partial charge in [-0.1, -0.05) is 0 Å². The first-order valence-corrected chi connectivity index (χ1v) is 5.82. The van der Waals surface area contributed by atoms with Crippen molar-refractivity contribution in [3.05, 3.63) is 33.5 Å². The second kappa shape index (κ2) is 4.49. The van der Waals surface area contributed by atoms with Crippen LogP contribution in [0.15, 0.2) is 27.9 Å². The topological polar surface area (TPSA) is 40.5 Å². The van der Waals surface area contributed by atoms with E-state index in [1.54, 1.807) is 18.2 Å². The molecule has 61 valence electrons. The average molecular weight is 356 g/mol. The number of allylic oxidation sites excluding steroid dienone is 1. The molecule has 0 aliphatic carbocycles. The third-order valence-corrected chi connectivity index (χ3v) is 2.48. The number of phenols is 2. The van der Waals surface area contributed by atoms with Gasteiger partial charge in [-0.15, -0.1) is 0 Å². The third-order valence-electron chi connectivity index (χ3n) is 1.57. The van der Waals surface area contributed by atoms with Crippen LogP contribution in [0, 0.1) is 0 Å². The predicted octanol–water partition coefficient (Wildman–Crippen LogP) is 1.32. The summed E-state index contributed by atoms with van der Waals surface area (Å²) >= 11 is 1.00. The van der Waals surface area contributed by atoms with E-state index in [4.69, 9.17) is 0 Å². The van der Waals surface area contributed by atoms with Crippen LogP contribution < -0.4 is 0 Å². The number of phenolic OH excluding ortho intramolecular Hbond substituents is 2. The molecule has 2 N–H and O–H groups in total. The molecule has 0 saturated heterocycles. The summed E-state index contributed by atoms with van der Waals surface area (Å²) < 4.78 is 2.02. The van der Waals surface area contributed by atoms with Crippen molar-refractivity contribution < 1.29 is 10.2 Å². The summed E-state index contributed by atoms with van der Waals surface area (Å²) in [6.45, 7) is 0. The van der Waals surface area contributed by atoms with Crippen LogP contribution >= 0.6 is 0 Å². The van der Waals surface area contributed by atoms with E-state index in [9.17, 15) is 10.2 Å². The second-order valence-corrected chi connectivity index (χ2v) is 3.68. The predicted molar refractivity (Wildman–Crippen MR) is 48.4 cm³/mol.